The topological polar surface area (TPSA) is 57.7 Å². The maximum absolute atomic E-state index is 13.0. The third kappa shape index (κ3) is 4.66. The molecule has 0 aliphatic heterocycles. The second kappa shape index (κ2) is 8.83. The number of Topliss-reactive ketones (excluding diaryl/α,β-unsaturated/α-hetero) is 1. The zero-order valence-corrected chi connectivity index (χ0v) is 16.4. The van der Waals surface area contributed by atoms with Gasteiger partial charge in [0.1, 0.15) is 5.78 Å². The van der Waals surface area contributed by atoms with Crippen molar-refractivity contribution in [2.75, 3.05) is 14.1 Å². The largest absolute Gasteiger partial charge is 0.341 e. The summed E-state index contributed by atoms with van der Waals surface area (Å²) in [5, 5.41) is 0. The van der Waals surface area contributed by atoms with Crippen LogP contribution in [0, 0.1) is 11.8 Å². The molecular formula is C23H26N2O3. The van der Waals surface area contributed by atoms with E-state index in [4.69, 9.17) is 0 Å². The predicted molar refractivity (Wildman–Crippen MR) is 107 cm³/mol. The van der Waals surface area contributed by atoms with Crippen LogP contribution < -0.4 is 0 Å². The maximum atomic E-state index is 13.0. The molecule has 2 atom stereocenters. The molecule has 0 spiro atoms. The van der Waals surface area contributed by atoms with E-state index >= 15 is 0 Å². The van der Waals surface area contributed by atoms with Crippen LogP contribution >= 0.6 is 0 Å². The number of hydrogen-bond acceptors (Lipinski definition) is 3. The molecule has 0 heterocycles. The van der Waals surface area contributed by atoms with Gasteiger partial charge < -0.3 is 9.80 Å². The van der Waals surface area contributed by atoms with E-state index in [0.29, 0.717) is 13.1 Å². The first-order chi connectivity index (χ1) is 13.5. The molecule has 146 valence electrons. The first-order valence-electron chi connectivity index (χ1n) is 9.55. The number of carbonyl (C=O) groups excluding carboxylic acids is 3. The zero-order chi connectivity index (χ0) is 20.1. The number of rotatable bonds is 6. The predicted octanol–water partition coefficient (Wildman–Crippen LogP) is 2.90. The average Bonchev–Trinajstić information content (AvgIpc) is 3.09. The van der Waals surface area contributed by atoms with Crippen LogP contribution in [-0.2, 0) is 27.5 Å². The van der Waals surface area contributed by atoms with E-state index in [9.17, 15) is 14.4 Å². The molecule has 0 bridgehead atoms. The Kier molecular flexibility index (Phi) is 6.24. The molecular weight excluding hydrogens is 352 g/mol. The normalized spacial score (nSPS) is 18.7. The molecule has 2 aromatic carbocycles. The van der Waals surface area contributed by atoms with E-state index < -0.39 is 11.8 Å². The van der Waals surface area contributed by atoms with Gasteiger partial charge in [-0.3, -0.25) is 14.4 Å². The quantitative estimate of drug-likeness (QED) is 0.777. The van der Waals surface area contributed by atoms with Crippen molar-refractivity contribution in [2.24, 2.45) is 11.8 Å². The molecule has 2 amide bonds. The molecule has 28 heavy (non-hydrogen) atoms. The highest BCUT2D eigenvalue weighted by Gasteiger charge is 2.44. The number of benzene rings is 2. The molecule has 0 unspecified atom stereocenters. The van der Waals surface area contributed by atoms with Gasteiger partial charge in [-0.2, -0.15) is 0 Å². The summed E-state index contributed by atoms with van der Waals surface area (Å²) in [6, 6.07) is 19.4. The van der Waals surface area contributed by atoms with Gasteiger partial charge in [-0.05, 0) is 11.1 Å². The van der Waals surface area contributed by atoms with Gasteiger partial charge in [0.05, 0.1) is 11.8 Å². The van der Waals surface area contributed by atoms with Crippen LogP contribution in [0.4, 0.5) is 0 Å². The van der Waals surface area contributed by atoms with Gasteiger partial charge in [0.15, 0.2) is 0 Å². The van der Waals surface area contributed by atoms with Crippen LogP contribution in [0.2, 0.25) is 0 Å². The van der Waals surface area contributed by atoms with Gasteiger partial charge in [0.2, 0.25) is 11.8 Å². The Labute approximate surface area is 166 Å². The monoisotopic (exact) mass is 378 g/mol. The van der Waals surface area contributed by atoms with Crippen molar-refractivity contribution in [3.05, 3.63) is 71.8 Å². The minimum atomic E-state index is -0.577. The van der Waals surface area contributed by atoms with E-state index in [1.807, 2.05) is 60.7 Å². The summed E-state index contributed by atoms with van der Waals surface area (Å²) in [6.07, 6.45) is 0.293. The molecule has 0 saturated heterocycles. The van der Waals surface area contributed by atoms with Crippen molar-refractivity contribution in [1.82, 2.24) is 9.80 Å². The Bertz CT molecular complexity index is 766. The third-order valence-corrected chi connectivity index (χ3v) is 5.29. The van der Waals surface area contributed by atoms with Crippen molar-refractivity contribution >= 4 is 17.6 Å². The highest BCUT2D eigenvalue weighted by molar-refractivity contribution is 5.98. The molecule has 5 heteroatoms. The van der Waals surface area contributed by atoms with E-state index in [2.05, 4.69) is 0 Å². The molecule has 0 radical (unpaired) electrons. The highest BCUT2D eigenvalue weighted by atomic mass is 16.2. The second-order valence-electron chi connectivity index (χ2n) is 7.52. The molecule has 1 aliphatic carbocycles. The minimum absolute atomic E-state index is 0.0158. The van der Waals surface area contributed by atoms with Crippen LogP contribution in [0.25, 0.3) is 0 Å². The summed E-state index contributed by atoms with van der Waals surface area (Å²) >= 11 is 0. The summed E-state index contributed by atoms with van der Waals surface area (Å²) in [4.78, 5) is 41.3. The molecule has 1 fully saturated rings. The smallest absolute Gasteiger partial charge is 0.226 e. The van der Waals surface area contributed by atoms with Crippen molar-refractivity contribution < 1.29 is 14.4 Å². The van der Waals surface area contributed by atoms with Crippen molar-refractivity contribution in [3.63, 3.8) is 0 Å². The number of ketones is 1. The lowest BCUT2D eigenvalue weighted by Gasteiger charge is -2.27. The lowest BCUT2D eigenvalue weighted by Crippen LogP contribution is -2.40. The zero-order valence-electron chi connectivity index (χ0n) is 16.4. The van der Waals surface area contributed by atoms with Gasteiger partial charge in [-0.25, -0.2) is 0 Å². The molecule has 3 rings (SSSR count). The Morgan fingerprint density at radius 2 is 1.11 bits per heavy atom. The Balaban J connectivity index is 1.68. The molecule has 1 saturated carbocycles. The fraction of sp³-hybridized carbons (Fsp3) is 0.348. The summed E-state index contributed by atoms with van der Waals surface area (Å²) in [5.41, 5.74) is 2.04. The summed E-state index contributed by atoms with van der Waals surface area (Å²) in [6.45, 7) is 0.927. The van der Waals surface area contributed by atoms with Gasteiger partial charge in [-0.15, -0.1) is 0 Å². The molecule has 0 N–H and O–H groups in total. The van der Waals surface area contributed by atoms with Gasteiger partial charge in [0, 0.05) is 40.0 Å². The fourth-order valence-electron chi connectivity index (χ4n) is 3.81. The Hall–Kier alpha value is -2.95. The van der Waals surface area contributed by atoms with Crippen LogP contribution in [-0.4, -0.2) is 41.5 Å². The standard InChI is InChI=1S/C23H26N2O3/c1-24(15-17-9-5-3-6-10-17)22(27)20-13-19(26)14-21(20)23(28)25(2)16-18-11-7-4-8-12-18/h3-12,20-21H,13-16H2,1-2H3/t20-,21+. The van der Waals surface area contributed by atoms with E-state index in [0.717, 1.165) is 11.1 Å². The molecule has 2 aromatic rings. The number of nitrogens with zero attached hydrogens (tertiary/aromatic N) is 2. The SMILES string of the molecule is CN(Cc1ccccc1)C(=O)[C@H]1CC(=O)C[C@H]1C(=O)N(C)Cc1ccccc1. The first-order valence-corrected chi connectivity index (χ1v) is 9.55. The number of hydrogen-bond donors (Lipinski definition) is 0. The Morgan fingerprint density at radius 1 is 0.750 bits per heavy atom. The van der Waals surface area contributed by atoms with Gasteiger partial charge in [0.25, 0.3) is 0 Å². The average molecular weight is 378 g/mol. The van der Waals surface area contributed by atoms with E-state index in [1.54, 1.807) is 23.9 Å². The number of amides is 2. The molecule has 0 aromatic heterocycles. The van der Waals surface area contributed by atoms with Crippen molar-refractivity contribution in [1.29, 1.82) is 0 Å². The number of carbonyl (C=O) groups is 3. The summed E-state index contributed by atoms with van der Waals surface area (Å²) < 4.78 is 0. The second-order valence-corrected chi connectivity index (χ2v) is 7.52. The van der Waals surface area contributed by atoms with E-state index in [1.165, 1.54) is 0 Å². The fourth-order valence-corrected chi connectivity index (χ4v) is 3.81. The van der Waals surface area contributed by atoms with Gasteiger partial charge >= 0.3 is 0 Å². The summed E-state index contributed by atoms with van der Waals surface area (Å²) in [5.74, 6) is -1.45. The van der Waals surface area contributed by atoms with Crippen LogP contribution in [0.1, 0.15) is 24.0 Å². The lowest BCUT2D eigenvalue weighted by atomic mass is 9.93. The molecule has 1 aliphatic rings. The first kappa shape index (κ1) is 19.8. The Morgan fingerprint density at radius 3 is 1.46 bits per heavy atom. The molecule has 5 nitrogen and oxygen atoms in total. The van der Waals surface area contributed by atoms with Gasteiger partial charge in [-0.1, -0.05) is 60.7 Å². The van der Waals surface area contributed by atoms with Crippen LogP contribution in [0.15, 0.2) is 60.7 Å². The maximum Gasteiger partial charge on any atom is 0.226 e. The van der Waals surface area contributed by atoms with Crippen molar-refractivity contribution in [2.45, 2.75) is 25.9 Å². The van der Waals surface area contributed by atoms with Crippen LogP contribution in [0.3, 0.4) is 0 Å². The van der Waals surface area contributed by atoms with Crippen LogP contribution in [0.5, 0.6) is 0 Å². The minimum Gasteiger partial charge on any atom is -0.341 e. The van der Waals surface area contributed by atoms with E-state index in [-0.39, 0.29) is 30.4 Å². The summed E-state index contributed by atoms with van der Waals surface area (Å²) in [7, 11) is 3.46. The highest BCUT2D eigenvalue weighted by Crippen LogP contribution is 2.32. The lowest BCUT2D eigenvalue weighted by molar-refractivity contribution is -0.144. The third-order valence-electron chi connectivity index (χ3n) is 5.29. The van der Waals surface area contributed by atoms with Crippen molar-refractivity contribution in [3.8, 4) is 0 Å².